The summed E-state index contributed by atoms with van der Waals surface area (Å²) in [4.78, 5) is 2.48. The molecule has 0 amide bonds. The van der Waals surface area contributed by atoms with Gasteiger partial charge in [0, 0.05) is 6.04 Å². The van der Waals surface area contributed by atoms with Crippen molar-refractivity contribution in [3.8, 4) is 0 Å². The van der Waals surface area contributed by atoms with Crippen LogP contribution >= 0.6 is 0 Å². The second kappa shape index (κ2) is 9.05. The zero-order chi connectivity index (χ0) is 14.1. The molecule has 0 spiro atoms. The Morgan fingerprint density at radius 2 is 1.84 bits per heavy atom. The Bertz CT molecular complexity index is 337. The third kappa shape index (κ3) is 5.70. The van der Waals surface area contributed by atoms with Gasteiger partial charge in [-0.1, -0.05) is 32.4 Å². The molecule has 0 aromatic heterocycles. The second-order valence-corrected chi connectivity index (χ2v) is 4.97. The summed E-state index contributed by atoms with van der Waals surface area (Å²) in [6, 6.07) is 7.12. The number of hydrogen-bond acceptors (Lipinski definition) is 2. The number of halogens is 1. The van der Waals surface area contributed by atoms with Crippen LogP contribution < -0.4 is 5.32 Å². The van der Waals surface area contributed by atoms with Crippen LogP contribution in [0.4, 0.5) is 4.39 Å². The van der Waals surface area contributed by atoms with Crippen molar-refractivity contribution in [1.29, 1.82) is 0 Å². The molecule has 0 saturated carbocycles. The van der Waals surface area contributed by atoms with Gasteiger partial charge in [0.2, 0.25) is 0 Å². The lowest BCUT2D eigenvalue weighted by molar-refractivity contribution is 0.267. The van der Waals surface area contributed by atoms with E-state index in [4.69, 9.17) is 0 Å². The van der Waals surface area contributed by atoms with Crippen molar-refractivity contribution in [3.63, 3.8) is 0 Å². The molecule has 1 aromatic carbocycles. The Morgan fingerprint density at radius 3 is 2.37 bits per heavy atom. The van der Waals surface area contributed by atoms with Gasteiger partial charge < -0.3 is 10.2 Å². The Balaban J connectivity index is 2.49. The van der Waals surface area contributed by atoms with Crippen molar-refractivity contribution in [2.24, 2.45) is 0 Å². The van der Waals surface area contributed by atoms with E-state index >= 15 is 0 Å². The molecule has 3 heteroatoms. The third-order valence-corrected chi connectivity index (χ3v) is 3.63. The number of unbranched alkanes of at least 4 members (excludes halogenated alkanes) is 1. The summed E-state index contributed by atoms with van der Waals surface area (Å²) in [7, 11) is 1.97. The maximum Gasteiger partial charge on any atom is 0.123 e. The predicted octanol–water partition coefficient (Wildman–Crippen LogP) is 3.60. The van der Waals surface area contributed by atoms with Gasteiger partial charge in [-0.15, -0.1) is 0 Å². The van der Waals surface area contributed by atoms with E-state index in [1.54, 1.807) is 0 Å². The number of nitrogens with zero attached hydrogens (tertiary/aromatic N) is 1. The molecule has 0 radical (unpaired) electrons. The molecule has 0 heterocycles. The zero-order valence-corrected chi connectivity index (χ0v) is 12.5. The van der Waals surface area contributed by atoms with Crippen LogP contribution in [0.15, 0.2) is 24.3 Å². The largest absolute Gasteiger partial charge is 0.313 e. The minimum Gasteiger partial charge on any atom is -0.313 e. The summed E-state index contributed by atoms with van der Waals surface area (Å²) < 4.78 is 12.9. The van der Waals surface area contributed by atoms with Crippen LogP contribution in [0, 0.1) is 5.82 Å². The van der Waals surface area contributed by atoms with E-state index in [0.29, 0.717) is 6.04 Å². The Labute approximate surface area is 117 Å². The summed E-state index contributed by atoms with van der Waals surface area (Å²) in [5.74, 6) is -0.170. The fourth-order valence-corrected chi connectivity index (χ4v) is 2.29. The first-order chi connectivity index (χ1) is 9.21. The molecule has 108 valence electrons. The van der Waals surface area contributed by atoms with Gasteiger partial charge in [0.05, 0.1) is 0 Å². The average molecular weight is 266 g/mol. The van der Waals surface area contributed by atoms with Crippen LogP contribution in [0.25, 0.3) is 0 Å². The highest BCUT2D eigenvalue weighted by atomic mass is 19.1. The molecule has 2 nitrogen and oxygen atoms in total. The topological polar surface area (TPSA) is 15.3 Å². The molecule has 1 unspecified atom stereocenters. The van der Waals surface area contributed by atoms with E-state index < -0.39 is 0 Å². The number of rotatable bonds is 9. The first kappa shape index (κ1) is 16.1. The van der Waals surface area contributed by atoms with Crippen LogP contribution in [0.1, 0.15) is 44.7 Å². The van der Waals surface area contributed by atoms with Gasteiger partial charge >= 0.3 is 0 Å². The molecule has 1 aromatic rings. The van der Waals surface area contributed by atoms with Crippen LogP contribution in [0.3, 0.4) is 0 Å². The normalized spacial score (nSPS) is 12.9. The molecule has 1 N–H and O–H groups in total. The molecule has 19 heavy (non-hydrogen) atoms. The standard InChI is InChI=1S/C16H27FN2/c1-4-6-12-19(5-2)13-11-16(18-3)14-7-9-15(17)10-8-14/h7-10,16,18H,4-6,11-13H2,1-3H3. The highest BCUT2D eigenvalue weighted by Gasteiger charge is 2.11. The van der Waals surface area contributed by atoms with Crippen molar-refractivity contribution in [1.82, 2.24) is 10.2 Å². The van der Waals surface area contributed by atoms with Crippen LogP contribution in [-0.4, -0.2) is 31.6 Å². The first-order valence-corrected chi connectivity index (χ1v) is 7.36. The summed E-state index contributed by atoms with van der Waals surface area (Å²) >= 11 is 0. The van der Waals surface area contributed by atoms with Crippen molar-refractivity contribution >= 4 is 0 Å². The van der Waals surface area contributed by atoms with Gasteiger partial charge in [0.1, 0.15) is 5.82 Å². The van der Waals surface area contributed by atoms with Gasteiger partial charge in [-0.25, -0.2) is 4.39 Å². The Kier molecular flexibility index (Phi) is 7.68. The van der Waals surface area contributed by atoms with Crippen molar-refractivity contribution in [2.75, 3.05) is 26.7 Å². The van der Waals surface area contributed by atoms with Crippen molar-refractivity contribution in [3.05, 3.63) is 35.6 Å². The zero-order valence-electron chi connectivity index (χ0n) is 12.5. The molecule has 0 fully saturated rings. The van der Waals surface area contributed by atoms with Crippen LogP contribution in [-0.2, 0) is 0 Å². The minimum atomic E-state index is -0.170. The smallest absolute Gasteiger partial charge is 0.123 e. The fraction of sp³-hybridized carbons (Fsp3) is 0.625. The van der Waals surface area contributed by atoms with E-state index in [1.165, 1.54) is 31.5 Å². The Hall–Kier alpha value is -0.930. The highest BCUT2D eigenvalue weighted by Crippen LogP contribution is 2.17. The Morgan fingerprint density at radius 1 is 1.16 bits per heavy atom. The lowest BCUT2D eigenvalue weighted by Crippen LogP contribution is -2.29. The van der Waals surface area contributed by atoms with Crippen LogP contribution in [0.2, 0.25) is 0 Å². The molecule has 0 saturated heterocycles. The molecule has 0 bridgehead atoms. The van der Waals surface area contributed by atoms with E-state index in [0.717, 1.165) is 25.1 Å². The van der Waals surface area contributed by atoms with Gasteiger partial charge in [-0.2, -0.15) is 0 Å². The van der Waals surface area contributed by atoms with E-state index in [9.17, 15) is 4.39 Å². The molecule has 0 aliphatic heterocycles. The number of benzene rings is 1. The highest BCUT2D eigenvalue weighted by molar-refractivity contribution is 5.19. The molecule has 0 aliphatic rings. The van der Waals surface area contributed by atoms with Gasteiger partial charge in [0.25, 0.3) is 0 Å². The summed E-state index contributed by atoms with van der Waals surface area (Å²) in [5, 5.41) is 3.32. The van der Waals surface area contributed by atoms with Crippen LogP contribution in [0.5, 0.6) is 0 Å². The molecule has 1 rings (SSSR count). The van der Waals surface area contributed by atoms with E-state index in [1.807, 2.05) is 19.2 Å². The number of nitrogens with one attached hydrogen (secondary N) is 1. The molecular weight excluding hydrogens is 239 g/mol. The molecule has 1 atom stereocenters. The molecular formula is C16H27FN2. The first-order valence-electron chi connectivity index (χ1n) is 7.36. The summed E-state index contributed by atoms with van der Waals surface area (Å²) in [5.41, 5.74) is 1.16. The number of hydrogen-bond donors (Lipinski definition) is 1. The van der Waals surface area contributed by atoms with Gasteiger partial charge in [0.15, 0.2) is 0 Å². The third-order valence-electron chi connectivity index (χ3n) is 3.63. The average Bonchev–Trinajstić information content (AvgIpc) is 2.44. The summed E-state index contributed by atoms with van der Waals surface area (Å²) in [6.07, 6.45) is 3.55. The van der Waals surface area contributed by atoms with Crippen molar-refractivity contribution < 1.29 is 4.39 Å². The van der Waals surface area contributed by atoms with Crippen molar-refractivity contribution in [2.45, 2.75) is 39.2 Å². The van der Waals surface area contributed by atoms with E-state index in [2.05, 4.69) is 24.1 Å². The predicted molar refractivity (Wildman–Crippen MR) is 79.8 cm³/mol. The molecule has 0 aliphatic carbocycles. The lowest BCUT2D eigenvalue weighted by atomic mass is 10.0. The quantitative estimate of drug-likeness (QED) is 0.734. The lowest BCUT2D eigenvalue weighted by Gasteiger charge is -2.24. The maximum atomic E-state index is 12.9. The maximum absolute atomic E-state index is 12.9. The minimum absolute atomic E-state index is 0.170. The fourth-order valence-electron chi connectivity index (χ4n) is 2.29. The van der Waals surface area contributed by atoms with Gasteiger partial charge in [-0.3, -0.25) is 0 Å². The van der Waals surface area contributed by atoms with Gasteiger partial charge in [-0.05, 0) is 57.2 Å². The van der Waals surface area contributed by atoms with E-state index in [-0.39, 0.29) is 5.82 Å². The second-order valence-electron chi connectivity index (χ2n) is 4.97. The monoisotopic (exact) mass is 266 g/mol. The summed E-state index contributed by atoms with van der Waals surface area (Å²) in [6.45, 7) is 7.79. The SMILES string of the molecule is CCCCN(CC)CCC(NC)c1ccc(F)cc1.